The van der Waals surface area contributed by atoms with Gasteiger partial charge in [0.15, 0.2) is 0 Å². The molecule has 0 spiro atoms. The van der Waals surface area contributed by atoms with Crippen LogP contribution in [-0.4, -0.2) is 0 Å². The van der Waals surface area contributed by atoms with Crippen molar-refractivity contribution in [3.63, 3.8) is 0 Å². The van der Waals surface area contributed by atoms with Crippen molar-refractivity contribution in [1.82, 2.24) is 0 Å². The molecule has 0 fully saturated rings. The van der Waals surface area contributed by atoms with Crippen LogP contribution in [0.25, 0.3) is 84.1 Å². The van der Waals surface area contributed by atoms with E-state index in [1.54, 1.807) is 0 Å². The molecule has 0 atom stereocenters. The second-order valence-electron chi connectivity index (χ2n) is 13.7. The van der Waals surface area contributed by atoms with Crippen molar-refractivity contribution in [3.05, 3.63) is 188 Å². The summed E-state index contributed by atoms with van der Waals surface area (Å²) in [5.74, 6) is 0. The quantitative estimate of drug-likeness (QED) is 0.161. The number of rotatable bonds is 5. The number of fused-ring (bicyclic) bond motifs is 9. The molecule has 0 aliphatic rings. The molecule has 0 amide bonds. The van der Waals surface area contributed by atoms with E-state index < -0.39 is 0 Å². The van der Waals surface area contributed by atoms with Gasteiger partial charge in [0.1, 0.15) is 0 Å². The van der Waals surface area contributed by atoms with Crippen LogP contribution in [0.3, 0.4) is 0 Å². The predicted octanol–water partition coefficient (Wildman–Crippen LogP) is 15.5. The fourth-order valence-electron chi connectivity index (χ4n) is 8.11. The summed E-state index contributed by atoms with van der Waals surface area (Å²) in [6.07, 6.45) is 0. The van der Waals surface area contributed by atoms with E-state index in [1.165, 1.54) is 84.1 Å². The molecular weight excluding hydrogens is 679 g/mol. The zero-order valence-electron chi connectivity index (χ0n) is 28.7. The van der Waals surface area contributed by atoms with Gasteiger partial charge in [-0.2, -0.15) is 0 Å². The molecular formula is C50H31NS2. The van der Waals surface area contributed by atoms with Gasteiger partial charge in [0.25, 0.3) is 0 Å². The van der Waals surface area contributed by atoms with Gasteiger partial charge in [0, 0.05) is 57.4 Å². The molecule has 0 N–H and O–H groups in total. The fraction of sp³-hybridized carbons (Fsp3) is 0. The van der Waals surface area contributed by atoms with Crippen molar-refractivity contribution in [2.24, 2.45) is 0 Å². The number of hydrogen-bond donors (Lipinski definition) is 0. The zero-order chi connectivity index (χ0) is 34.9. The van der Waals surface area contributed by atoms with Crippen LogP contribution < -0.4 is 4.90 Å². The zero-order valence-corrected chi connectivity index (χ0v) is 30.3. The van der Waals surface area contributed by atoms with Crippen molar-refractivity contribution >= 4 is 102 Å². The minimum Gasteiger partial charge on any atom is -0.310 e. The molecule has 11 aromatic rings. The van der Waals surface area contributed by atoms with E-state index in [2.05, 4.69) is 193 Å². The van der Waals surface area contributed by atoms with Gasteiger partial charge in [-0.15, -0.1) is 22.7 Å². The third-order valence-corrected chi connectivity index (χ3v) is 12.9. The Bertz CT molecular complexity index is 3170. The van der Waals surface area contributed by atoms with E-state index in [9.17, 15) is 0 Å². The maximum atomic E-state index is 2.41. The first-order valence-corrected chi connectivity index (χ1v) is 19.6. The average Bonchev–Trinajstić information content (AvgIpc) is 3.79. The fourth-order valence-corrected chi connectivity index (χ4v) is 10.4. The van der Waals surface area contributed by atoms with E-state index in [4.69, 9.17) is 0 Å². The second-order valence-corrected chi connectivity index (χ2v) is 15.9. The molecule has 11 rings (SSSR count). The Labute approximate surface area is 315 Å². The number of hydrogen-bond acceptors (Lipinski definition) is 3. The predicted molar refractivity (Wildman–Crippen MR) is 233 cm³/mol. The maximum Gasteiger partial charge on any atom is 0.0468 e. The third kappa shape index (κ3) is 5.04. The maximum absolute atomic E-state index is 2.41. The average molecular weight is 710 g/mol. The molecule has 2 aromatic heterocycles. The molecule has 3 heteroatoms. The van der Waals surface area contributed by atoms with Crippen LogP contribution in [0, 0.1) is 0 Å². The van der Waals surface area contributed by atoms with Gasteiger partial charge in [-0.25, -0.2) is 0 Å². The highest BCUT2D eigenvalue weighted by Crippen LogP contribution is 2.46. The van der Waals surface area contributed by atoms with Crippen molar-refractivity contribution in [3.8, 4) is 22.3 Å². The van der Waals surface area contributed by atoms with Gasteiger partial charge in [-0.05, 0) is 111 Å². The van der Waals surface area contributed by atoms with Gasteiger partial charge in [0.05, 0.1) is 0 Å². The number of para-hydroxylation sites is 1. The highest BCUT2D eigenvalue weighted by atomic mass is 32.1. The lowest BCUT2D eigenvalue weighted by atomic mass is 9.97. The third-order valence-electron chi connectivity index (χ3n) is 10.6. The largest absolute Gasteiger partial charge is 0.310 e. The van der Waals surface area contributed by atoms with Crippen LogP contribution in [-0.2, 0) is 0 Å². The summed E-state index contributed by atoms with van der Waals surface area (Å²) in [5, 5.41) is 10.3. The van der Waals surface area contributed by atoms with Crippen molar-refractivity contribution in [2.45, 2.75) is 0 Å². The van der Waals surface area contributed by atoms with Crippen LogP contribution in [0.4, 0.5) is 17.1 Å². The molecule has 0 saturated carbocycles. The Morgan fingerprint density at radius 3 is 1.89 bits per heavy atom. The van der Waals surface area contributed by atoms with Crippen molar-refractivity contribution < 1.29 is 0 Å². The Kier molecular flexibility index (Phi) is 6.97. The molecule has 1 nitrogen and oxygen atoms in total. The molecule has 9 aromatic carbocycles. The first-order valence-electron chi connectivity index (χ1n) is 18.0. The molecule has 0 radical (unpaired) electrons. The summed E-state index contributed by atoms with van der Waals surface area (Å²) < 4.78 is 5.25. The number of nitrogens with zero attached hydrogens (tertiary/aromatic N) is 1. The first kappa shape index (κ1) is 30.4. The van der Waals surface area contributed by atoms with Crippen LogP contribution in [0.1, 0.15) is 0 Å². The topological polar surface area (TPSA) is 3.24 Å². The van der Waals surface area contributed by atoms with E-state index in [1.807, 2.05) is 22.7 Å². The number of thiophene rings is 2. The highest BCUT2D eigenvalue weighted by Gasteiger charge is 2.18. The summed E-state index contributed by atoms with van der Waals surface area (Å²) >= 11 is 3.76. The Balaban J connectivity index is 1.06. The molecule has 0 aliphatic heterocycles. The summed E-state index contributed by atoms with van der Waals surface area (Å²) in [4.78, 5) is 2.40. The summed E-state index contributed by atoms with van der Waals surface area (Å²) in [7, 11) is 0. The van der Waals surface area contributed by atoms with Gasteiger partial charge < -0.3 is 4.90 Å². The van der Waals surface area contributed by atoms with E-state index in [0.29, 0.717) is 0 Å². The molecule has 248 valence electrons. The smallest absolute Gasteiger partial charge is 0.0468 e. The second kappa shape index (κ2) is 12.2. The van der Waals surface area contributed by atoms with Crippen LogP contribution in [0.15, 0.2) is 188 Å². The Morgan fingerprint density at radius 2 is 0.981 bits per heavy atom. The molecule has 0 saturated heterocycles. The number of anilines is 3. The monoisotopic (exact) mass is 709 g/mol. The highest BCUT2D eigenvalue weighted by molar-refractivity contribution is 7.26. The lowest BCUT2D eigenvalue weighted by molar-refractivity contribution is 1.30. The molecule has 0 unspecified atom stereocenters. The van der Waals surface area contributed by atoms with Crippen LogP contribution >= 0.6 is 22.7 Å². The molecule has 2 heterocycles. The van der Waals surface area contributed by atoms with Gasteiger partial charge in [0.2, 0.25) is 0 Å². The Morgan fingerprint density at radius 1 is 0.302 bits per heavy atom. The normalized spacial score (nSPS) is 11.8. The lowest BCUT2D eigenvalue weighted by Gasteiger charge is -2.26. The lowest BCUT2D eigenvalue weighted by Crippen LogP contribution is -2.09. The van der Waals surface area contributed by atoms with E-state index in [0.717, 1.165) is 17.1 Å². The SMILES string of the molecule is c1ccc(-c2ccc3c(c2)sc2ccc(-c4cccc5sc6ccc(N(c7ccccc7)c7ccc8c(ccc9ccccc98)c7)cc6c45)cc23)cc1. The summed E-state index contributed by atoms with van der Waals surface area (Å²) in [5.41, 5.74) is 8.46. The summed E-state index contributed by atoms with van der Waals surface area (Å²) in [6, 6.07) is 69.2. The van der Waals surface area contributed by atoms with Crippen molar-refractivity contribution in [2.75, 3.05) is 4.90 Å². The minimum absolute atomic E-state index is 1.14. The number of benzene rings is 9. The van der Waals surface area contributed by atoms with E-state index >= 15 is 0 Å². The van der Waals surface area contributed by atoms with Crippen molar-refractivity contribution in [1.29, 1.82) is 0 Å². The molecule has 0 aliphatic carbocycles. The van der Waals surface area contributed by atoms with E-state index in [-0.39, 0.29) is 0 Å². The minimum atomic E-state index is 1.14. The summed E-state index contributed by atoms with van der Waals surface area (Å²) in [6.45, 7) is 0. The van der Waals surface area contributed by atoms with Crippen LogP contribution in [0.2, 0.25) is 0 Å². The van der Waals surface area contributed by atoms with Gasteiger partial charge in [-0.1, -0.05) is 121 Å². The Hall–Kier alpha value is -6.26. The standard InChI is InChI=1S/C50H31NS2/c1-3-10-32(11-4-1)34-20-24-43-44-29-36(21-26-46(44)53-49(43)30-34)42-16-9-17-48-50(42)45-31-39(23-27-47(45)52-48)51(37-13-5-2-6-14-37)38-22-25-41-35(28-38)19-18-33-12-7-8-15-40(33)41/h1-31H. The van der Waals surface area contributed by atoms with Gasteiger partial charge >= 0.3 is 0 Å². The molecule has 53 heavy (non-hydrogen) atoms. The van der Waals surface area contributed by atoms with Gasteiger partial charge in [-0.3, -0.25) is 0 Å². The van der Waals surface area contributed by atoms with Crippen LogP contribution in [0.5, 0.6) is 0 Å². The first-order chi connectivity index (χ1) is 26.2. The molecule has 0 bridgehead atoms.